The molecule has 0 aliphatic heterocycles. The number of unbranched alkanes of at least 4 members (excludes halogenated alkanes) is 2. The highest BCUT2D eigenvalue weighted by molar-refractivity contribution is 5.84. The number of hydrogen-bond donors (Lipinski definition) is 2. The Hall–Kier alpha value is -1.72. The second kappa shape index (κ2) is 12.7. The maximum Gasteiger partial charge on any atom is 0.305 e. The second-order valence-electron chi connectivity index (χ2n) is 7.64. The third-order valence-corrected chi connectivity index (χ3v) is 5.44. The van der Waals surface area contributed by atoms with Crippen LogP contribution in [0.15, 0.2) is 37.0 Å². The van der Waals surface area contributed by atoms with Crippen molar-refractivity contribution >= 4 is 11.8 Å². The smallest absolute Gasteiger partial charge is 0.305 e. The number of carbonyl (C=O) groups excluding carboxylic acids is 2. The van der Waals surface area contributed by atoms with Crippen molar-refractivity contribution in [2.45, 2.75) is 76.4 Å². The molecule has 0 spiro atoms. The molecule has 1 aliphatic rings. The van der Waals surface area contributed by atoms with E-state index in [1.807, 2.05) is 24.3 Å². The molecule has 1 aliphatic carbocycles. The highest BCUT2D eigenvalue weighted by Crippen LogP contribution is 2.34. The number of carbonyl (C=O) groups is 2. The van der Waals surface area contributed by atoms with Crippen LogP contribution < -0.4 is 0 Å². The molecule has 0 radical (unpaired) electrons. The van der Waals surface area contributed by atoms with Crippen LogP contribution in [-0.2, 0) is 14.3 Å². The summed E-state index contributed by atoms with van der Waals surface area (Å²) in [7, 11) is 1.38. The van der Waals surface area contributed by atoms with Gasteiger partial charge in [-0.15, -0.1) is 6.58 Å². The minimum Gasteiger partial charge on any atom is -0.469 e. The van der Waals surface area contributed by atoms with E-state index in [9.17, 15) is 19.8 Å². The van der Waals surface area contributed by atoms with E-state index in [4.69, 9.17) is 0 Å². The lowest BCUT2D eigenvalue weighted by molar-refractivity contribution is -0.140. The molecule has 0 saturated heterocycles. The minimum atomic E-state index is -0.935. The predicted octanol–water partition coefficient (Wildman–Crippen LogP) is 3.90. The van der Waals surface area contributed by atoms with Crippen molar-refractivity contribution in [1.29, 1.82) is 0 Å². The summed E-state index contributed by atoms with van der Waals surface area (Å²) in [5.41, 5.74) is -0.935. The van der Waals surface area contributed by atoms with Crippen molar-refractivity contribution in [2.75, 3.05) is 7.11 Å². The van der Waals surface area contributed by atoms with E-state index in [2.05, 4.69) is 18.2 Å². The number of Topliss-reactive ketones (excluding diaryl/α,β-unsaturated/α-hetero) is 1. The Morgan fingerprint density at radius 1 is 1.32 bits per heavy atom. The van der Waals surface area contributed by atoms with Gasteiger partial charge >= 0.3 is 5.97 Å². The molecule has 5 nitrogen and oxygen atoms in total. The number of rotatable bonds is 13. The van der Waals surface area contributed by atoms with Gasteiger partial charge in [0.25, 0.3) is 0 Å². The van der Waals surface area contributed by atoms with E-state index < -0.39 is 11.7 Å². The monoisotopic (exact) mass is 392 g/mol. The van der Waals surface area contributed by atoms with Crippen LogP contribution in [-0.4, -0.2) is 40.8 Å². The lowest BCUT2D eigenvalue weighted by atomic mass is 9.88. The fourth-order valence-electron chi connectivity index (χ4n) is 3.55. The summed E-state index contributed by atoms with van der Waals surface area (Å²) < 4.78 is 4.60. The fraction of sp³-hybridized carbons (Fsp3) is 0.652. The first-order valence-corrected chi connectivity index (χ1v) is 10.3. The summed E-state index contributed by atoms with van der Waals surface area (Å²) in [4.78, 5) is 23.3. The molecule has 158 valence electrons. The van der Waals surface area contributed by atoms with Crippen LogP contribution >= 0.6 is 0 Å². The number of esters is 1. The van der Waals surface area contributed by atoms with Gasteiger partial charge in [0.15, 0.2) is 0 Å². The van der Waals surface area contributed by atoms with E-state index in [0.29, 0.717) is 32.1 Å². The Morgan fingerprint density at radius 3 is 2.71 bits per heavy atom. The lowest BCUT2D eigenvalue weighted by Crippen LogP contribution is -2.25. The van der Waals surface area contributed by atoms with E-state index in [1.54, 1.807) is 6.08 Å². The third kappa shape index (κ3) is 8.11. The number of ketones is 1. The largest absolute Gasteiger partial charge is 0.469 e. The van der Waals surface area contributed by atoms with Crippen LogP contribution in [0.4, 0.5) is 0 Å². The van der Waals surface area contributed by atoms with Crippen LogP contribution in [0.3, 0.4) is 0 Å². The van der Waals surface area contributed by atoms with Gasteiger partial charge in [0.2, 0.25) is 0 Å². The first-order valence-electron chi connectivity index (χ1n) is 10.3. The van der Waals surface area contributed by atoms with Gasteiger partial charge in [-0.25, -0.2) is 0 Å². The molecule has 0 aromatic carbocycles. The highest BCUT2D eigenvalue weighted by Gasteiger charge is 2.39. The average molecular weight is 393 g/mol. The normalized spacial score (nSPS) is 24.7. The zero-order chi connectivity index (χ0) is 21.0. The molecular formula is C23H36O5. The van der Waals surface area contributed by atoms with Crippen molar-refractivity contribution in [3.8, 4) is 0 Å². The number of ether oxygens (including phenoxy) is 1. The number of allylic oxidation sites excluding steroid dienone is 2. The molecule has 0 aromatic heterocycles. The topological polar surface area (TPSA) is 83.8 Å². The second-order valence-corrected chi connectivity index (χ2v) is 7.64. The van der Waals surface area contributed by atoms with Crippen molar-refractivity contribution in [1.82, 2.24) is 0 Å². The molecule has 4 atom stereocenters. The zero-order valence-corrected chi connectivity index (χ0v) is 17.3. The maximum atomic E-state index is 12.2. The molecule has 0 bridgehead atoms. The summed E-state index contributed by atoms with van der Waals surface area (Å²) in [6.45, 7) is 5.81. The Labute approximate surface area is 169 Å². The van der Waals surface area contributed by atoms with Crippen LogP contribution in [0, 0.1) is 11.8 Å². The molecule has 1 saturated carbocycles. The van der Waals surface area contributed by atoms with Crippen LogP contribution in [0.1, 0.15) is 64.7 Å². The molecule has 28 heavy (non-hydrogen) atoms. The van der Waals surface area contributed by atoms with Crippen LogP contribution in [0.5, 0.6) is 0 Å². The molecule has 2 N–H and O–H groups in total. The van der Waals surface area contributed by atoms with Gasteiger partial charge in [0.05, 0.1) is 18.8 Å². The SMILES string of the molecule is C=CC(O)(C/C=C/[C@H]1C(O)CC(=O)[C@@H]1CC=CCCCC(=O)OC)CCCC. The number of hydrogen-bond acceptors (Lipinski definition) is 5. The number of methoxy groups -OCH3 is 1. The average Bonchev–Trinajstić information content (AvgIpc) is 2.95. The van der Waals surface area contributed by atoms with Gasteiger partial charge in [-0.2, -0.15) is 0 Å². The predicted molar refractivity (Wildman–Crippen MR) is 111 cm³/mol. The quantitative estimate of drug-likeness (QED) is 0.282. The van der Waals surface area contributed by atoms with Gasteiger partial charge < -0.3 is 14.9 Å². The Balaban J connectivity index is 2.57. The Bertz CT molecular complexity index is 565. The molecule has 2 unspecified atom stereocenters. The van der Waals surface area contributed by atoms with E-state index in [1.165, 1.54) is 7.11 Å². The van der Waals surface area contributed by atoms with Gasteiger partial charge in [-0.05, 0) is 32.1 Å². The molecule has 5 heteroatoms. The first kappa shape index (κ1) is 24.3. The molecule has 1 rings (SSSR count). The first-order chi connectivity index (χ1) is 13.4. The Morgan fingerprint density at radius 2 is 2.07 bits per heavy atom. The summed E-state index contributed by atoms with van der Waals surface area (Å²) >= 11 is 0. The highest BCUT2D eigenvalue weighted by atomic mass is 16.5. The van der Waals surface area contributed by atoms with E-state index in [-0.39, 0.29) is 30.0 Å². The van der Waals surface area contributed by atoms with Crippen LogP contribution in [0.25, 0.3) is 0 Å². The molecule has 0 aromatic rings. The number of aliphatic hydroxyl groups excluding tert-OH is 1. The fourth-order valence-corrected chi connectivity index (χ4v) is 3.55. The Kier molecular flexibility index (Phi) is 11.0. The van der Waals surface area contributed by atoms with Gasteiger partial charge in [0, 0.05) is 24.7 Å². The van der Waals surface area contributed by atoms with Gasteiger partial charge in [-0.3, -0.25) is 9.59 Å². The van der Waals surface area contributed by atoms with Crippen LogP contribution in [0.2, 0.25) is 0 Å². The molecular weight excluding hydrogens is 356 g/mol. The molecule has 1 fully saturated rings. The summed E-state index contributed by atoms with van der Waals surface area (Å²) in [5, 5.41) is 20.8. The number of aliphatic hydroxyl groups is 2. The third-order valence-electron chi connectivity index (χ3n) is 5.44. The van der Waals surface area contributed by atoms with E-state index >= 15 is 0 Å². The van der Waals surface area contributed by atoms with Crippen molar-refractivity contribution in [3.63, 3.8) is 0 Å². The van der Waals surface area contributed by atoms with Gasteiger partial charge in [-0.1, -0.05) is 50.1 Å². The van der Waals surface area contributed by atoms with Crippen molar-refractivity contribution in [3.05, 3.63) is 37.0 Å². The summed E-state index contributed by atoms with van der Waals surface area (Å²) in [5.74, 6) is -0.611. The maximum absolute atomic E-state index is 12.2. The van der Waals surface area contributed by atoms with Crippen molar-refractivity contribution in [2.24, 2.45) is 11.8 Å². The summed E-state index contributed by atoms with van der Waals surface area (Å²) in [6.07, 6.45) is 14.2. The van der Waals surface area contributed by atoms with Crippen molar-refractivity contribution < 1.29 is 24.5 Å². The van der Waals surface area contributed by atoms with Gasteiger partial charge in [0.1, 0.15) is 5.78 Å². The van der Waals surface area contributed by atoms with E-state index in [0.717, 1.165) is 19.3 Å². The molecule has 0 amide bonds. The standard InChI is InChI=1S/C23H36O5/c1-4-6-15-23(27,5-2)16-11-13-19-18(20(24)17-21(19)25)12-9-7-8-10-14-22(26)28-3/h5,7,9,11,13,18-19,21,25,27H,2,4,6,8,10,12,14-17H2,1,3H3/b9-7?,13-11+/t18-,19-,21?,23?/m1/s1. The summed E-state index contributed by atoms with van der Waals surface area (Å²) in [6, 6.07) is 0. The minimum absolute atomic E-state index is 0.0753. The zero-order valence-electron chi connectivity index (χ0n) is 17.3. The lowest BCUT2D eigenvalue weighted by Gasteiger charge is -2.23. The molecule has 0 heterocycles.